The van der Waals surface area contributed by atoms with Gasteiger partial charge >= 0.3 is 0 Å². The van der Waals surface area contributed by atoms with Crippen molar-refractivity contribution in [3.8, 4) is 0 Å². The zero-order valence-corrected chi connectivity index (χ0v) is 22.7. The highest BCUT2D eigenvalue weighted by molar-refractivity contribution is 5.21. The average molecular weight is 456 g/mol. The number of fused-ring (bicyclic) bond motifs is 7. The first kappa shape index (κ1) is 24.4. The van der Waals surface area contributed by atoms with Crippen molar-refractivity contribution >= 4 is 0 Å². The normalized spacial score (nSPS) is 55.2. The molecule has 0 heterocycles. The minimum Gasteiger partial charge on any atom is -0.393 e. The molecule has 0 aliphatic heterocycles. The average Bonchev–Trinajstić information content (AvgIpc) is 3.12. The first-order valence-electron chi connectivity index (χ1n) is 14.4. The maximum absolute atomic E-state index is 10.9. The first-order valence-corrected chi connectivity index (χ1v) is 14.4. The fourth-order valence-electron chi connectivity index (χ4n) is 12.0. The van der Waals surface area contributed by atoms with Crippen LogP contribution in [0.3, 0.4) is 0 Å². The van der Waals surface area contributed by atoms with E-state index in [9.17, 15) is 5.11 Å². The van der Waals surface area contributed by atoms with Crippen molar-refractivity contribution in [3.63, 3.8) is 0 Å². The topological polar surface area (TPSA) is 46.2 Å². The predicted molar refractivity (Wildman–Crippen MR) is 139 cm³/mol. The summed E-state index contributed by atoms with van der Waals surface area (Å²) in [4.78, 5) is 0. The lowest BCUT2D eigenvalue weighted by atomic mass is 9.32. The molecule has 2 heteroatoms. The molecule has 10 atom stereocenters. The van der Waals surface area contributed by atoms with Crippen molar-refractivity contribution in [2.24, 2.45) is 62.4 Å². The Bertz CT molecular complexity index is 803. The van der Waals surface area contributed by atoms with Crippen LogP contribution in [0.2, 0.25) is 0 Å². The van der Waals surface area contributed by atoms with Crippen LogP contribution in [0, 0.1) is 56.7 Å². The fourth-order valence-corrected chi connectivity index (χ4v) is 12.0. The van der Waals surface area contributed by atoms with Gasteiger partial charge in [-0.15, -0.1) is 0 Å². The van der Waals surface area contributed by atoms with Gasteiger partial charge in [0, 0.05) is 0 Å². The second-order valence-corrected chi connectivity index (χ2v) is 15.0. The molecular formula is C31H53NO. The van der Waals surface area contributed by atoms with Gasteiger partial charge < -0.3 is 10.8 Å². The molecular weight excluding hydrogens is 402 g/mol. The van der Waals surface area contributed by atoms with Crippen molar-refractivity contribution in [3.05, 3.63) is 12.2 Å². The summed E-state index contributed by atoms with van der Waals surface area (Å²) in [5.74, 6) is 3.78. The molecule has 188 valence electrons. The maximum atomic E-state index is 10.9. The minimum absolute atomic E-state index is 0.0471. The molecule has 5 aliphatic rings. The molecule has 5 aliphatic carbocycles. The predicted octanol–water partition coefficient (Wildman–Crippen LogP) is 7.35. The third kappa shape index (κ3) is 2.98. The van der Waals surface area contributed by atoms with E-state index in [4.69, 9.17) is 5.73 Å². The van der Waals surface area contributed by atoms with Crippen molar-refractivity contribution in [1.82, 2.24) is 0 Å². The summed E-state index contributed by atoms with van der Waals surface area (Å²) in [6.07, 6.45) is 14.3. The van der Waals surface area contributed by atoms with Crippen molar-refractivity contribution in [2.75, 3.05) is 6.54 Å². The van der Waals surface area contributed by atoms with E-state index in [2.05, 4.69) is 48.1 Å². The third-order valence-electron chi connectivity index (χ3n) is 13.9. The molecule has 0 aromatic heterocycles. The molecule has 0 bridgehead atoms. The quantitative estimate of drug-likeness (QED) is 0.437. The SMILES string of the molecule is C=C(C)C1CCC2(CCN)CCC3(C)C(CCC4C5(C)CCC(O)C(C)(C)C5CCC43C)C12. The molecule has 10 unspecified atom stereocenters. The molecule has 0 aromatic carbocycles. The minimum atomic E-state index is -0.131. The highest BCUT2D eigenvalue weighted by Gasteiger charge is 2.70. The van der Waals surface area contributed by atoms with Crippen LogP contribution in [0.1, 0.15) is 112 Å². The number of aliphatic hydroxyl groups is 1. The monoisotopic (exact) mass is 455 g/mol. The van der Waals surface area contributed by atoms with Gasteiger partial charge in [-0.1, -0.05) is 46.8 Å². The largest absolute Gasteiger partial charge is 0.393 e. The molecule has 2 nitrogen and oxygen atoms in total. The van der Waals surface area contributed by atoms with Gasteiger partial charge in [0.25, 0.3) is 0 Å². The molecule has 5 fully saturated rings. The lowest BCUT2D eigenvalue weighted by Crippen LogP contribution is -2.66. The Morgan fingerprint density at radius 3 is 2.24 bits per heavy atom. The summed E-state index contributed by atoms with van der Waals surface area (Å²) in [7, 11) is 0. The highest BCUT2D eigenvalue weighted by Crippen LogP contribution is 2.77. The summed E-state index contributed by atoms with van der Waals surface area (Å²) in [6, 6.07) is 0. The number of hydrogen-bond donors (Lipinski definition) is 2. The Balaban J connectivity index is 1.54. The summed E-state index contributed by atoms with van der Waals surface area (Å²) in [6.45, 7) is 20.5. The van der Waals surface area contributed by atoms with E-state index in [1.54, 1.807) is 0 Å². The van der Waals surface area contributed by atoms with Crippen molar-refractivity contribution in [2.45, 2.75) is 118 Å². The first-order chi connectivity index (χ1) is 15.4. The molecule has 33 heavy (non-hydrogen) atoms. The van der Waals surface area contributed by atoms with Crippen LogP contribution in [0.25, 0.3) is 0 Å². The zero-order chi connectivity index (χ0) is 24.0. The number of rotatable bonds is 3. The number of nitrogens with two attached hydrogens (primary N) is 1. The molecule has 3 N–H and O–H groups in total. The molecule has 5 rings (SSSR count). The van der Waals surface area contributed by atoms with Gasteiger partial charge in [0.15, 0.2) is 0 Å². The number of hydrogen-bond acceptors (Lipinski definition) is 2. The molecule has 0 aromatic rings. The number of aliphatic hydroxyl groups excluding tert-OH is 1. The van der Waals surface area contributed by atoms with E-state index >= 15 is 0 Å². The molecule has 0 amide bonds. The second kappa shape index (κ2) is 7.58. The van der Waals surface area contributed by atoms with Crippen molar-refractivity contribution in [1.29, 1.82) is 0 Å². The molecule has 0 radical (unpaired) electrons. The van der Waals surface area contributed by atoms with Gasteiger partial charge in [0.2, 0.25) is 0 Å². The Hall–Kier alpha value is -0.340. The highest BCUT2D eigenvalue weighted by atomic mass is 16.3. The van der Waals surface area contributed by atoms with E-state index in [-0.39, 0.29) is 11.5 Å². The Morgan fingerprint density at radius 2 is 1.58 bits per heavy atom. The molecule has 5 saturated carbocycles. The Kier molecular flexibility index (Phi) is 5.60. The zero-order valence-electron chi connectivity index (χ0n) is 22.7. The van der Waals surface area contributed by atoms with Crippen LogP contribution < -0.4 is 5.73 Å². The van der Waals surface area contributed by atoms with Gasteiger partial charge in [-0.3, -0.25) is 0 Å². The van der Waals surface area contributed by atoms with Gasteiger partial charge in [-0.25, -0.2) is 0 Å². The smallest absolute Gasteiger partial charge is 0.0594 e. The molecule has 0 saturated heterocycles. The summed E-state index contributed by atoms with van der Waals surface area (Å²) < 4.78 is 0. The van der Waals surface area contributed by atoms with Crippen LogP contribution in [-0.2, 0) is 0 Å². The Morgan fingerprint density at radius 1 is 0.848 bits per heavy atom. The van der Waals surface area contributed by atoms with Crippen LogP contribution in [0.4, 0.5) is 0 Å². The maximum Gasteiger partial charge on any atom is 0.0594 e. The summed E-state index contributed by atoms with van der Waals surface area (Å²) in [5, 5.41) is 10.9. The van der Waals surface area contributed by atoms with Crippen molar-refractivity contribution < 1.29 is 5.11 Å². The molecule has 0 spiro atoms. The summed E-state index contributed by atoms with van der Waals surface area (Å²) >= 11 is 0. The standard InChI is InChI=1S/C31H53NO/c1-20(2)21-10-15-31(18-19-32)17-16-29(6)22(26(21)31)8-9-24-28(5)13-12-25(33)27(3,4)23(28)11-14-30(24,29)7/h21-26,33H,1,8-19,32H2,2-7H3. The van der Waals surface area contributed by atoms with Gasteiger partial charge in [0.1, 0.15) is 0 Å². The third-order valence-corrected chi connectivity index (χ3v) is 13.9. The Labute approximate surface area is 204 Å². The van der Waals surface area contributed by atoms with Crippen LogP contribution >= 0.6 is 0 Å². The van der Waals surface area contributed by atoms with Crippen LogP contribution in [-0.4, -0.2) is 17.8 Å². The summed E-state index contributed by atoms with van der Waals surface area (Å²) in [5.41, 5.74) is 9.42. The van der Waals surface area contributed by atoms with E-state index in [1.807, 2.05) is 0 Å². The van der Waals surface area contributed by atoms with E-state index in [0.717, 1.165) is 30.7 Å². The lowest BCUT2D eigenvalue weighted by Gasteiger charge is -2.73. The van der Waals surface area contributed by atoms with E-state index in [0.29, 0.717) is 33.5 Å². The van der Waals surface area contributed by atoms with Crippen LogP contribution in [0.15, 0.2) is 12.2 Å². The lowest BCUT2D eigenvalue weighted by molar-refractivity contribution is -0.247. The van der Waals surface area contributed by atoms with E-state index in [1.165, 1.54) is 69.8 Å². The second-order valence-electron chi connectivity index (χ2n) is 15.0. The van der Waals surface area contributed by atoms with Crippen LogP contribution in [0.5, 0.6) is 0 Å². The van der Waals surface area contributed by atoms with E-state index < -0.39 is 0 Å². The fraction of sp³-hybridized carbons (Fsp3) is 0.935. The van der Waals surface area contributed by atoms with Gasteiger partial charge in [0.05, 0.1) is 6.10 Å². The van der Waals surface area contributed by atoms with Gasteiger partial charge in [-0.2, -0.15) is 0 Å². The number of allylic oxidation sites excluding steroid dienone is 1. The van der Waals surface area contributed by atoms with Gasteiger partial charge in [-0.05, 0) is 141 Å².